The summed E-state index contributed by atoms with van der Waals surface area (Å²) in [4.78, 5) is 28.8. The molecule has 0 fully saturated rings. The fourth-order valence-corrected chi connectivity index (χ4v) is 6.21. The monoisotopic (exact) mass is 653 g/mol. The minimum atomic E-state index is -4.24. The lowest BCUT2D eigenvalue weighted by Gasteiger charge is -2.34. The van der Waals surface area contributed by atoms with E-state index in [9.17, 15) is 18.0 Å². The minimum Gasteiger partial charge on any atom is -0.497 e. The predicted molar refractivity (Wildman–Crippen MR) is 168 cm³/mol. The predicted octanol–water partition coefficient (Wildman–Crippen LogP) is 6.57. The van der Waals surface area contributed by atoms with Gasteiger partial charge in [-0.2, -0.15) is 0 Å². The lowest BCUT2D eigenvalue weighted by Crippen LogP contribution is -2.53. The zero-order valence-corrected chi connectivity index (χ0v) is 26.9. The van der Waals surface area contributed by atoms with Gasteiger partial charge in [-0.25, -0.2) is 8.42 Å². The van der Waals surface area contributed by atoms with Crippen molar-refractivity contribution >= 4 is 62.3 Å². The SMILES string of the molecule is CC[C@H](C)NC(=O)[C@H](CC)N(Cc1ccc(Cl)cc1Cl)C(=O)CN(c1ccc(Cl)cc1)S(=O)(=O)c1ccc(OC)cc1. The summed E-state index contributed by atoms with van der Waals surface area (Å²) in [6.07, 6.45) is 0.981. The molecule has 1 N–H and O–H groups in total. The molecule has 3 aromatic rings. The van der Waals surface area contributed by atoms with Gasteiger partial charge in [0.05, 0.1) is 17.7 Å². The van der Waals surface area contributed by atoms with Crippen molar-refractivity contribution in [3.8, 4) is 5.75 Å². The van der Waals surface area contributed by atoms with E-state index in [-0.39, 0.29) is 35.5 Å². The number of amides is 2. The van der Waals surface area contributed by atoms with Crippen LogP contribution in [0.4, 0.5) is 5.69 Å². The first-order valence-corrected chi connectivity index (χ1v) is 15.9. The van der Waals surface area contributed by atoms with Crippen molar-refractivity contribution in [1.82, 2.24) is 10.2 Å². The van der Waals surface area contributed by atoms with Crippen LogP contribution < -0.4 is 14.4 Å². The fourth-order valence-electron chi connectivity index (χ4n) is 4.21. The molecule has 2 amide bonds. The Morgan fingerprint density at radius 3 is 2.07 bits per heavy atom. The fraction of sp³-hybridized carbons (Fsp3) is 0.333. The zero-order chi connectivity index (χ0) is 31.0. The van der Waals surface area contributed by atoms with Crippen LogP contribution in [0.15, 0.2) is 71.6 Å². The van der Waals surface area contributed by atoms with Crippen LogP contribution in [-0.4, -0.2) is 50.9 Å². The van der Waals surface area contributed by atoms with E-state index in [1.807, 2.05) is 13.8 Å². The Labute approximate surface area is 262 Å². The van der Waals surface area contributed by atoms with Gasteiger partial charge >= 0.3 is 0 Å². The molecule has 0 aliphatic heterocycles. The van der Waals surface area contributed by atoms with Crippen LogP contribution in [0.1, 0.15) is 39.2 Å². The standard InChI is InChI=1S/C30H34Cl3N3O5S/c1-5-20(3)34-30(38)28(6-2)35(18-21-7-8-23(32)17-27(21)33)29(37)19-36(24-11-9-22(31)10-12-24)42(39,40)26-15-13-25(41-4)14-16-26/h7-17,20,28H,5-6,18-19H2,1-4H3,(H,34,38)/t20-,28-/m0/s1. The Morgan fingerprint density at radius 1 is 0.905 bits per heavy atom. The number of methoxy groups -OCH3 is 1. The number of hydrogen-bond donors (Lipinski definition) is 1. The van der Waals surface area contributed by atoms with Gasteiger partial charge in [0.1, 0.15) is 18.3 Å². The molecular formula is C30H34Cl3N3O5S. The van der Waals surface area contributed by atoms with E-state index in [0.717, 1.165) is 4.31 Å². The first-order valence-electron chi connectivity index (χ1n) is 13.4. The number of carbonyl (C=O) groups excluding carboxylic acids is 2. The molecule has 0 saturated heterocycles. The zero-order valence-electron chi connectivity index (χ0n) is 23.8. The van der Waals surface area contributed by atoms with Crippen LogP contribution in [0, 0.1) is 0 Å². The summed E-state index contributed by atoms with van der Waals surface area (Å²) in [5.74, 6) is -0.465. The Morgan fingerprint density at radius 2 is 1.52 bits per heavy atom. The number of rotatable bonds is 13. The number of anilines is 1. The lowest BCUT2D eigenvalue weighted by atomic mass is 10.1. The molecule has 0 saturated carbocycles. The number of nitrogens with one attached hydrogen (secondary N) is 1. The first-order chi connectivity index (χ1) is 19.9. The van der Waals surface area contributed by atoms with Crippen molar-refractivity contribution in [3.63, 3.8) is 0 Å². The molecule has 0 aromatic heterocycles. The van der Waals surface area contributed by atoms with Crippen molar-refractivity contribution < 1.29 is 22.7 Å². The van der Waals surface area contributed by atoms with E-state index in [2.05, 4.69) is 5.32 Å². The number of ether oxygens (including phenoxy) is 1. The highest BCUT2D eigenvalue weighted by atomic mass is 35.5. The highest BCUT2D eigenvalue weighted by Crippen LogP contribution is 2.28. The number of hydrogen-bond acceptors (Lipinski definition) is 5. The number of benzene rings is 3. The summed E-state index contributed by atoms with van der Waals surface area (Å²) in [6, 6.07) is 15.8. The smallest absolute Gasteiger partial charge is 0.264 e. The van der Waals surface area contributed by atoms with E-state index < -0.39 is 28.5 Å². The van der Waals surface area contributed by atoms with Crippen LogP contribution in [0.25, 0.3) is 0 Å². The van der Waals surface area contributed by atoms with E-state index >= 15 is 0 Å². The quantitative estimate of drug-likeness (QED) is 0.225. The van der Waals surface area contributed by atoms with E-state index in [4.69, 9.17) is 39.5 Å². The van der Waals surface area contributed by atoms with Crippen molar-refractivity contribution in [1.29, 1.82) is 0 Å². The van der Waals surface area contributed by atoms with Crippen molar-refractivity contribution in [2.75, 3.05) is 18.0 Å². The van der Waals surface area contributed by atoms with Gasteiger partial charge in [0.25, 0.3) is 10.0 Å². The molecule has 0 unspecified atom stereocenters. The van der Waals surface area contributed by atoms with Crippen LogP contribution >= 0.6 is 34.8 Å². The van der Waals surface area contributed by atoms with Crippen molar-refractivity contribution in [2.24, 2.45) is 0 Å². The summed E-state index contributed by atoms with van der Waals surface area (Å²) in [5.41, 5.74) is 0.783. The van der Waals surface area contributed by atoms with Gasteiger partial charge in [0.15, 0.2) is 0 Å². The third-order valence-corrected chi connectivity index (χ3v) is 9.41. The number of sulfonamides is 1. The van der Waals surface area contributed by atoms with Crippen LogP contribution in [0.3, 0.4) is 0 Å². The average molecular weight is 655 g/mol. The molecule has 12 heteroatoms. The van der Waals surface area contributed by atoms with Crippen LogP contribution in [-0.2, 0) is 26.2 Å². The molecule has 0 radical (unpaired) electrons. The molecule has 0 aliphatic rings. The number of halogens is 3. The lowest BCUT2D eigenvalue weighted by molar-refractivity contribution is -0.140. The van der Waals surface area contributed by atoms with Crippen LogP contribution in [0.2, 0.25) is 15.1 Å². The molecular weight excluding hydrogens is 621 g/mol. The van der Waals surface area contributed by atoms with E-state index in [1.165, 1.54) is 60.5 Å². The third kappa shape index (κ3) is 8.31. The Kier molecular flexibility index (Phi) is 11.9. The Balaban J connectivity index is 2.08. The second-order valence-corrected chi connectivity index (χ2v) is 12.8. The maximum absolute atomic E-state index is 14.1. The molecule has 0 aliphatic carbocycles. The van der Waals surface area contributed by atoms with Gasteiger partial charge in [-0.1, -0.05) is 54.7 Å². The van der Waals surface area contributed by atoms with Gasteiger partial charge in [0, 0.05) is 27.7 Å². The van der Waals surface area contributed by atoms with Gasteiger partial charge in [-0.15, -0.1) is 0 Å². The largest absolute Gasteiger partial charge is 0.497 e. The van der Waals surface area contributed by atoms with Crippen molar-refractivity contribution in [2.45, 2.75) is 57.1 Å². The molecule has 226 valence electrons. The highest BCUT2D eigenvalue weighted by Gasteiger charge is 2.34. The summed E-state index contributed by atoms with van der Waals surface area (Å²) in [5, 5.41) is 4.08. The summed E-state index contributed by atoms with van der Waals surface area (Å²) < 4.78 is 34.1. The summed E-state index contributed by atoms with van der Waals surface area (Å²) in [6.45, 7) is 4.97. The maximum atomic E-state index is 14.1. The number of nitrogens with zero attached hydrogens (tertiary/aromatic N) is 2. The van der Waals surface area contributed by atoms with Gasteiger partial charge < -0.3 is 15.0 Å². The average Bonchev–Trinajstić information content (AvgIpc) is 2.97. The Hall–Kier alpha value is -2.98. The second kappa shape index (κ2) is 15.0. The minimum absolute atomic E-state index is 0.0418. The molecule has 2 atom stereocenters. The topological polar surface area (TPSA) is 96.0 Å². The summed E-state index contributed by atoms with van der Waals surface area (Å²) in [7, 11) is -2.76. The van der Waals surface area contributed by atoms with Gasteiger partial charge in [-0.05, 0) is 86.0 Å². The van der Waals surface area contributed by atoms with Gasteiger partial charge in [0.2, 0.25) is 11.8 Å². The summed E-state index contributed by atoms with van der Waals surface area (Å²) >= 11 is 18.6. The first kappa shape index (κ1) is 33.5. The van der Waals surface area contributed by atoms with Crippen molar-refractivity contribution in [3.05, 3.63) is 87.4 Å². The highest BCUT2D eigenvalue weighted by molar-refractivity contribution is 7.92. The molecule has 3 aromatic carbocycles. The molecule has 0 spiro atoms. The molecule has 42 heavy (non-hydrogen) atoms. The van der Waals surface area contributed by atoms with Gasteiger partial charge in [-0.3, -0.25) is 13.9 Å². The molecule has 0 bridgehead atoms. The molecule has 3 rings (SSSR count). The van der Waals surface area contributed by atoms with E-state index in [0.29, 0.717) is 32.8 Å². The number of carbonyl (C=O) groups is 2. The normalized spacial score (nSPS) is 12.7. The maximum Gasteiger partial charge on any atom is 0.264 e. The molecule has 8 nitrogen and oxygen atoms in total. The van der Waals surface area contributed by atoms with E-state index in [1.54, 1.807) is 25.1 Å². The molecule has 0 heterocycles. The Bertz CT molecular complexity index is 1490. The second-order valence-electron chi connectivity index (χ2n) is 9.66. The van der Waals surface area contributed by atoms with Crippen LogP contribution in [0.5, 0.6) is 5.75 Å². The third-order valence-electron chi connectivity index (χ3n) is 6.78.